The molecule has 0 saturated heterocycles. The van der Waals surface area contributed by atoms with Crippen molar-refractivity contribution in [3.05, 3.63) is 75.8 Å². The van der Waals surface area contributed by atoms with Crippen LogP contribution >= 0.6 is 23.2 Å². The van der Waals surface area contributed by atoms with Crippen LogP contribution in [0.25, 0.3) is 5.69 Å². The molecule has 3 rings (SSSR count). The third-order valence-electron chi connectivity index (χ3n) is 3.31. The Kier molecular flexibility index (Phi) is 4.55. The van der Waals surface area contributed by atoms with E-state index < -0.39 is 5.91 Å². The van der Waals surface area contributed by atoms with Gasteiger partial charge in [-0.15, -0.1) is 0 Å². The first-order chi connectivity index (χ1) is 11.4. The third kappa shape index (κ3) is 3.58. The lowest BCUT2D eigenvalue weighted by Gasteiger charge is -2.06. The fourth-order valence-corrected chi connectivity index (χ4v) is 2.75. The molecule has 1 aromatic heterocycles. The van der Waals surface area contributed by atoms with E-state index in [2.05, 4.69) is 10.4 Å². The molecule has 0 fully saturated rings. The lowest BCUT2D eigenvalue weighted by atomic mass is 10.3. The van der Waals surface area contributed by atoms with Gasteiger partial charge in [0.25, 0.3) is 5.91 Å². The molecule has 0 spiro atoms. The summed E-state index contributed by atoms with van der Waals surface area (Å²) >= 11 is 12.0. The Morgan fingerprint density at radius 1 is 1.08 bits per heavy atom. The lowest BCUT2D eigenvalue weighted by Crippen LogP contribution is -2.13. The van der Waals surface area contributed by atoms with Gasteiger partial charge in [-0.05, 0) is 55.5 Å². The van der Waals surface area contributed by atoms with Crippen molar-refractivity contribution < 1.29 is 9.18 Å². The van der Waals surface area contributed by atoms with E-state index in [0.717, 1.165) is 5.69 Å². The number of rotatable bonds is 3. The van der Waals surface area contributed by atoms with Gasteiger partial charge in [-0.1, -0.05) is 23.2 Å². The maximum atomic E-state index is 12.9. The molecule has 24 heavy (non-hydrogen) atoms. The normalized spacial score (nSPS) is 10.7. The van der Waals surface area contributed by atoms with E-state index in [0.29, 0.717) is 21.4 Å². The number of carbonyl (C=O) groups excluding carboxylic acids is 1. The molecule has 3 aromatic rings. The smallest absolute Gasteiger partial charge is 0.276 e. The summed E-state index contributed by atoms with van der Waals surface area (Å²) in [5, 5.41) is 7.91. The summed E-state index contributed by atoms with van der Waals surface area (Å²) in [4.78, 5) is 12.3. The molecular weight excluding hydrogens is 352 g/mol. The minimum atomic E-state index is -0.392. The van der Waals surface area contributed by atoms with Crippen LogP contribution in [0.5, 0.6) is 0 Å². The third-order valence-corrected chi connectivity index (χ3v) is 3.75. The van der Waals surface area contributed by atoms with Crippen molar-refractivity contribution in [2.45, 2.75) is 6.92 Å². The maximum Gasteiger partial charge on any atom is 0.276 e. The van der Waals surface area contributed by atoms with Crippen LogP contribution in [-0.4, -0.2) is 15.7 Å². The Hall–Kier alpha value is -2.37. The van der Waals surface area contributed by atoms with Gasteiger partial charge in [-0.2, -0.15) is 5.10 Å². The van der Waals surface area contributed by atoms with Crippen LogP contribution in [0, 0.1) is 12.7 Å². The van der Waals surface area contributed by atoms with Crippen LogP contribution in [0.15, 0.2) is 48.5 Å². The van der Waals surface area contributed by atoms with E-state index in [1.54, 1.807) is 28.9 Å². The topological polar surface area (TPSA) is 46.9 Å². The Labute approximate surface area is 147 Å². The zero-order chi connectivity index (χ0) is 17.3. The zero-order valence-electron chi connectivity index (χ0n) is 12.6. The number of hydrogen-bond donors (Lipinski definition) is 1. The van der Waals surface area contributed by atoms with Crippen molar-refractivity contribution in [1.82, 2.24) is 9.78 Å². The summed E-state index contributed by atoms with van der Waals surface area (Å²) in [6, 6.07) is 12.2. The van der Waals surface area contributed by atoms with Gasteiger partial charge in [0.1, 0.15) is 5.82 Å². The van der Waals surface area contributed by atoms with Gasteiger partial charge < -0.3 is 5.32 Å². The number of anilines is 1. The Bertz CT molecular complexity index is 886. The van der Waals surface area contributed by atoms with Gasteiger partial charge in [0.05, 0.1) is 5.69 Å². The average molecular weight is 364 g/mol. The Balaban J connectivity index is 1.87. The molecule has 1 heterocycles. The molecule has 0 radical (unpaired) electrons. The number of nitrogens with one attached hydrogen (secondary N) is 1. The molecule has 0 aliphatic rings. The zero-order valence-corrected chi connectivity index (χ0v) is 14.1. The van der Waals surface area contributed by atoms with Crippen LogP contribution in [0.4, 0.5) is 10.1 Å². The standard InChI is InChI=1S/C17H12Cl2FN3O/c1-10-6-16(17(24)21-14-4-2-13(20)3-5-14)22-23(10)15-8-11(18)7-12(19)9-15/h2-9H,1H3,(H,21,24). The number of benzene rings is 2. The summed E-state index contributed by atoms with van der Waals surface area (Å²) in [5.74, 6) is -0.762. The highest BCUT2D eigenvalue weighted by molar-refractivity contribution is 6.34. The van der Waals surface area contributed by atoms with Crippen LogP contribution in [0.3, 0.4) is 0 Å². The molecule has 2 aromatic carbocycles. The van der Waals surface area contributed by atoms with E-state index >= 15 is 0 Å². The number of amides is 1. The molecule has 1 N–H and O–H groups in total. The number of halogens is 3. The summed E-state index contributed by atoms with van der Waals surface area (Å²) in [6.07, 6.45) is 0. The molecule has 4 nitrogen and oxygen atoms in total. The first-order valence-corrected chi connectivity index (χ1v) is 7.78. The van der Waals surface area contributed by atoms with Crippen molar-refractivity contribution in [2.75, 3.05) is 5.32 Å². The molecule has 0 bridgehead atoms. The van der Waals surface area contributed by atoms with Crippen molar-refractivity contribution >= 4 is 34.8 Å². The second kappa shape index (κ2) is 6.63. The van der Waals surface area contributed by atoms with E-state index in [4.69, 9.17) is 23.2 Å². The van der Waals surface area contributed by atoms with Crippen molar-refractivity contribution in [3.8, 4) is 5.69 Å². The number of nitrogens with zero attached hydrogens (tertiary/aromatic N) is 2. The van der Waals surface area contributed by atoms with E-state index in [-0.39, 0.29) is 11.5 Å². The average Bonchev–Trinajstić information content (AvgIpc) is 2.91. The van der Waals surface area contributed by atoms with Gasteiger partial charge in [0.15, 0.2) is 5.69 Å². The van der Waals surface area contributed by atoms with Gasteiger partial charge in [0.2, 0.25) is 0 Å². The molecule has 1 amide bonds. The molecule has 0 unspecified atom stereocenters. The molecule has 0 aliphatic heterocycles. The molecule has 0 saturated carbocycles. The fraction of sp³-hybridized carbons (Fsp3) is 0.0588. The second-order valence-corrected chi connectivity index (χ2v) is 6.04. The second-order valence-electron chi connectivity index (χ2n) is 5.17. The van der Waals surface area contributed by atoms with Crippen LogP contribution in [0.1, 0.15) is 16.2 Å². The minimum absolute atomic E-state index is 0.230. The molecule has 7 heteroatoms. The number of carbonyl (C=O) groups is 1. The molecule has 122 valence electrons. The van der Waals surface area contributed by atoms with Crippen molar-refractivity contribution in [3.63, 3.8) is 0 Å². The predicted octanol–water partition coefficient (Wildman–Crippen LogP) is 4.88. The fourth-order valence-electron chi connectivity index (χ4n) is 2.24. The Morgan fingerprint density at radius 3 is 2.33 bits per heavy atom. The summed E-state index contributed by atoms with van der Waals surface area (Å²) in [5.41, 5.74) is 2.12. The molecule has 0 aliphatic carbocycles. The summed E-state index contributed by atoms with van der Waals surface area (Å²) < 4.78 is 14.5. The van der Waals surface area contributed by atoms with Crippen LogP contribution < -0.4 is 5.32 Å². The monoisotopic (exact) mass is 363 g/mol. The Morgan fingerprint density at radius 2 is 1.71 bits per heavy atom. The van der Waals surface area contributed by atoms with Gasteiger partial charge in [-0.25, -0.2) is 9.07 Å². The van der Waals surface area contributed by atoms with Gasteiger partial charge >= 0.3 is 0 Å². The van der Waals surface area contributed by atoms with E-state index in [1.165, 1.54) is 24.3 Å². The molecule has 0 atom stereocenters. The SMILES string of the molecule is Cc1cc(C(=O)Nc2ccc(F)cc2)nn1-c1cc(Cl)cc(Cl)c1. The van der Waals surface area contributed by atoms with Crippen LogP contribution in [-0.2, 0) is 0 Å². The quantitative estimate of drug-likeness (QED) is 0.720. The highest BCUT2D eigenvalue weighted by Gasteiger charge is 2.14. The minimum Gasteiger partial charge on any atom is -0.321 e. The van der Waals surface area contributed by atoms with Crippen LogP contribution in [0.2, 0.25) is 10.0 Å². The van der Waals surface area contributed by atoms with Crippen molar-refractivity contribution in [1.29, 1.82) is 0 Å². The van der Waals surface area contributed by atoms with E-state index in [9.17, 15) is 9.18 Å². The van der Waals surface area contributed by atoms with Gasteiger partial charge in [0, 0.05) is 21.4 Å². The highest BCUT2D eigenvalue weighted by atomic mass is 35.5. The number of aryl methyl sites for hydroxylation is 1. The number of hydrogen-bond acceptors (Lipinski definition) is 2. The molecular formula is C17H12Cl2FN3O. The van der Waals surface area contributed by atoms with E-state index in [1.807, 2.05) is 6.92 Å². The first-order valence-electron chi connectivity index (χ1n) is 7.02. The predicted molar refractivity (Wildman–Crippen MR) is 92.7 cm³/mol. The highest BCUT2D eigenvalue weighted by Crippen LogP contribution is 2.23. The lowest BCUT2D eigenvalue weighted by molar-refractivity contribution is 0.102. The van der Waals surface area contributed by atoms with Crippen molar-refractivity contribution in [2.24, 2.45) is 0 Å². The maximum absolute atomic E-state index is 12.9. The number of aromatic nitrogens is 2. The summed E-state index contributed by atoms with van der Waals surface area (Å²) in [6.45, 7) is 1.82. The van der Waals surface area contributed by atoms with Gasteiger partial charge in [-0.3, -0.25) is 4.79 Å². The summed E-state index contributed by atoms with van der Waals surface area (Å²) in [7, 11) is 0. The first kappa shape index (κ1) is 16.5. The largest absolute Gasteiger partial charge is 0.321 e.